The summed E-state index contributed by atoms with van der Waals surface area (Å²) in [7, 11) is -17.1. The van der Waals surface area contributed by atoms with Crippen molar-refractivity contribution in [3.8, 4) is 0 Å². The number of rotatable bonds is 14. The van der Waals surface area contributed by atoms with E-state index in [1.165, 1.54) is 20.1 Å². The van der Waals surface area contributed by atoms with Gasteiger partial charge < -0.3 is 29.0 Å². The Hall–Kier alpha value is -3.09. The summed E-state index contributed by atoms with van der Waals surface area (Å²) in [5, 5.41) is 3.28. The number of hydrogen-bond donors (Lipinski definition) is 5. The molecule has 1 aliphatic heterocycles. The number of aryl methyl sites for hydroxylation is 1. The second-order valence-electron chi connectivity index (χ2n) is 7.90. The Morgan fingerprint density at radius 1 is 1.26 bits per heavy atom. The van der Waals surface area contributed by atoms with Crippen LogP contribution in [0, 0.1) is 6.92 Å². The molecule has 1 aliphatic rings. The van der Waals surface area contributed by atoms with Crippen LogP contribution in [0.25, 0.3) is 10.4 Å². The molecular weight excluding hydrogens is 635 g/mol. The molecule has 1 saturated heterocycles. The van der Waals surface area contributed by atoms with E-state index < -0.39 is 78.0 Å². The van der Waals surface area contributed by atoms with E-state index in [-0.39, 0.29) is 17.7 Å². The fraction of sp³-hybridized carbons (Fsp3) is 0.471. The molecule has 0 aromatic carbocycles. The lowest BCUT2D eigenvalue weighted by Gasteiger charge is -2.21. The predicted octanol–water partition coefficient (Wildman–Crippen LogP) is 0.701. The fourth-order valence-corrected chi connectivity index (χ4v) is 6.31. The lowest BCUT2D eigenvalue weighted by molar-refractivity contribution is -0.148. The van der Waals surface area contributed by atoms with Crippen LogP contribution < -0.4 is 11.2 Å². The molecule has 2 heterocycles. The van der Waals surface area contributed by atoms with Crippen LogP contribution in [0.15, 0.2) is 42.3 Å². The normalized spacial score (nSPS) is 22.5. The summed E-state index contributed by atoms with van der Waals surface area (Å²) < 4.78 is 58.5. The molecule has 2 rings (SSSR count). The number of hydrogen-bond acceptors (Lipinski definition) is 14. The van der Waals surface area contributed by atoms with E-state index in [4.69, 9.17) is 24.8 Å². The third kappa shape index (κ3) is 10.3. The van der Waals surface area contributed by atoms with E-state index >= 15 is 0 Å². The van der Waals surface area contributed by atoms with E-state index in [0.717, 1.165) is 10.8 Å². The number of nitrogens with zero attached hydrogens (tertiary/aromatic N) is 6. The van der Waals surface area contributed by atoms with Crippen molar-refractivity contribution in [2.45, 2.75) is 38.7 Å². The maximum atomic E-state index is 13.0. The number of phosphoric ester groups is 1. The molecule has 1 aromatic rings. The highest BCUT2D eigenvalue weighted by molar-refractivity contribution is 7.66. The number of phosphoric acid groups is 3. The molecule has 42 heavy (non-hydrogen) atoms. The maximum Gasteiger partial charge on any atom is 0.490 e. The average Bonchev–Trinajstić information content (AvgIpc) is 3.24. The molecule has 0 spiro atoms. The van der Waals surface area contributed by atoms with Gasteiger partial charge in [-0.05, 0) is 26.1 Å². The van der Waals surface area contributed by atoms with E-state index in [9.17, 15) is 37.9 Å². The van der Waals surface area contributed by atoms with Crippen molar-refractivity contribution in [1.82, 2.24) is 9.55 Å². The highest BCUT2D eigenvalue weighted by Gasteiger charge is 2.44. The van der Waals surface area contributed by atoms with Crippen LogP contribution in [0.2, 0.25) is 0 Å². The van der Waals surface area contributed by atoms with Crippen LogP contribution in [0.3, 0.4) is 0 Å². The van der Waals surface area contributed by atoms with Crippen LogP contribution in [0.5, 0.6) is 0 Å². The summed E-state index contributed by atoms with van der Waals surface area (Å²) in [4.78, 5) is 85.6. The predicted molar refractivity (Wildman–Crippen MR) is 139 cm³/mol. The van der Waals surface area contributed by atoms with Crippen molar-refractivity contribution in [3.05, 3.63) is 54.4 Å². The van der Waals surface area contributed by atoms with Crippen LogP contribution in [0.4, 0.5) is 0 Å². The van der Waals surface area contributed by atoms with E-state index in [2.05, 4.69) is 39.9 Å². The second-order valence-corrected chi connectivity index (χ2v) is 12.3. The van der Waals surface area contributed by atoms with Gasteiger partial charge in [0.2, 0.25) is 0 Å². The SMILES string of the molecule is C=N/C(CN=[N+]=[N-])=C(\N=CC)C(=O)OC1C[C@H](n2cc(C)c(=O)[nH]c2=O)O[C@@H]1COP(=O)(O)OP(=O)(O)OP(=O)(O)O. The first kappa shape index (κ1) is 35.1. The lowest BCUT2D eigenvalue weighted by atomic mass is 10.2. The number of carbonyl (C=O) groups excluding carboxylic acids is 1. The van der Waals surface area contributed by atoms with Gasteiger partial charge in [0, 0.05) is 29.3 Å². The molecule has 1 aromatic heterocycles. The number of ether oxygens (including phenoxy) is 2. The summed E-state index contributed by atoms with van der Waals surface area (Å²) in [5.41, 5.74) is 6.40. The average molecular weight is 659 g/mol. The van der Waals surface area contributed by atoms with E-state index in [1.54, 1.807) is 0 Å². The molecule has 25 heteroatoms. The summed E-state index contributed by atoms with van der Waals surface area (Å²) in [6.07, 6.45) is -2.24. The monoisotopic (exact) mass is 659 g/mol. The molecule has 0 bridgehead atoms. The molecule has 0 aliphatic carbocycles. The number of carbonyl (C=O) groups is 1. The highest BCUT2D eigenvalue weighted by Crippen LogP contribution is 2.66. The van der Waals surface area contributed by atoms with Crippen LogP contribution >= 0.6 is 23.5 Å². The fourth-order valence-electron chi connectivity index (χ4n) is 3.28. The maximum absolute atomic E-state index is 13.0. The Morgan fingerprint density at radius 3 is 2.50 bits per heavy atom. The van der Waals surface area contributed by atoms with Gasteiger partial charge >= 0.3 is 35.1 Å². The lowest BCUT2D eigenvalue weighted by Crippen LogP contribution is -2.33. The third-order valence-corrected chi connectivity index (χ3v) is 8.71. The summed E-state index contributed by atoms with van der Waals surface area (Å²) in [6, 6.07) is 0. The number of aromatic amines is 1. The highest BCUT2D eigenvalue weighted by atomic mass is 31.3. The number of nitrogens with one attached hydrogen (secondary N) is 1. The molecule has 22 nitrogen and oxygen atoms in total. The van der Waals surface area contributed by atoms with Gasteiger partial charge in [0.05, 0.1) is 18.8 Å². The zero-order chi connectivity index (χ0) is 31.9. The van der Waals surface area contributed by atoms with E-state index in [1.807, 2.05) is 4.98 Å². The second kappa shape index (κ2) is 14.4. The van der Waals surface area contributed by atoms with Crippen molar-refractivity contribution in [2.75, 3.05) is 13.2 Å². The zero-order valence-electron chi connectivity index (χ0n) is 21.5. The smallest absolute Gasteiger partial charge is 0.455 e. The van der Waals surface area contributed by atoms with Gasteiger partial charge in [-0.15, -0.1) is 0 Å². The van der Waals surface area contributed by atoms with Gasteiger partial charge in [0.15, 0.2) is 5.70 Å². The zero-order valence-corrected chi connectivity index (χ0v) is 24.2. The molecular formula is C17H24N7O15P3. The minimum absolute atomic E-state index is 0.0886. The molecule has 3 unspecified atom stereocenters. The van der Waals surface area contributed by atoms with Gasteiger partial charge in [-0.3, -0.25) is 28.9 Å². The van der Waals surface area contributed by atoms with Crippen molar-refractivity contribution in [1.29, 1.82) is 0 Å². The number of aromatic nitrogens is 2. The molecule has 0 amide bonds. The van der Waals surface area contributed by atoms with Crippen LogP contribution in [-0.4, -0.2) is 73.4 Å². The van der Waals surface area contributed by atoms with Crippen molar-refractivity contribution in [2.24, 2.45) is 15.1 Å². The number of aliphatic imine (C=N–C) groups is 2. The standard InChI is InChI=1S/C17H24N7O15P3/c1-4-20-14(10(19-3)6-21-23-18)16(26)37-11-5-13(24-7-9(2)15(25)22-17(24)27)36-12(11)8-35-41(31,32)39-42(33,34)38-40(28,29)30/h4,7,11-13H,3,5-6,8H2,1-2H3,(H,31,32)(H,33,34)(H,22,25,27)(H2,28,29,30)/b14-10-,20-4?/t11?,12-,13-/m1/s1. The van der Waals surface area contributed by atoms with Crippen molar-refractivity contribution in [3.63, 3.8) is 0 Å². The van der Waals surface area contributed by atoms with Crippen LogP contribution in [0.1, 0.15) is 25.1 Å². The molecule has 5 N–H and O–H groups in total. The number of esters is 1. The van der Waals surface area contributed by atoms with E-state index in [0.29, 0.717) is 0 Å². The molecule has 0 saturated carbocycles. The summed E-state index contributed by atoms with van der Waals surface area (Å²) in [6.45, 7) is 4.59. The Kier molecular flexibility index (Phi) is 12.0. The minimum Gasteiger partial charge on any atom is -0.455 e. The Balaban J connectivity index is 2.39. The molecule has 5 atom stereocenters. The number of azide groups is 1. The number of H-pyrrole nitrogens is 1. The van der Waals surface area contributed by atoms with Gasteiger partial charge in [0.1, 0.15) is 18.4 Å². The van der Waals surface area contributed by atoms with Gasteiger partial charge in [0.25, 0.3) is 5.56 Å². The van der Waals surface area contributed by atoms with Gasteiger partial charge in [-0.1, -0.05) is 5.11 Å². The first-order chi connectivity index (χ1) is 19.4. The molecule has 232 valence electrons. The minimum atomic E-state index is -5.84. The van der Waals surface area contributed by atoms with Gasteiger partial charge in [-0.25, -0.2) is 23.3 Å². The van der Waals surface area contributed by atoms with Gasteiger partial charge in [-0.2, -0.15) is 8.62 Å². The Morgan fingerprint density at radius 2 is 1.93 bits per heavy atom. The summed E-state index contributed by atoms with van der Waals surface area (Å²) in [5.74, 6) is -1.17. The largest absolute Gasteiger partial charge is 0.490 e. The third-order valence-electron chi connectivity index (χ3n) is 4.91. The molecule has 0 radical (unpaired) electrons. The van der Waals surface area contributed by atoms with Crippen LogP contribution in [-0.2, 0) is 41.1 Å². The molecule has 1 fully saturated rings. The summed E-state index contributed by atoms with van der Waals surface area (Å²) >= 11 is 0. The first-order valence-electron chi connectivity index (χ1n) is 11.1. The topological polar surface area (TPSA) is 324 Å². The quantitative estimate of drug-likeness (QED) is 0.0349. The Labute approximate surface area is 234 Å². The Bertz CT molecular complexity index is 1570. The van der Waals surface area contributed by atoms with Crippen molar-refractivity contribution >= 4 is 42.4 Å². The first-order valence-corrected chi connectivity index (χ1v) is 15.6. The van der Waals surface area contributed by atoms with Crippen molar-refractivity contribution < 1.29 is 60.7 Å².